The molecule has 5 nitrogen and oxygen atoms in total. The molecule has 0 aliphatic heterocycles. The zero-order valence-electron chi connectivity index (χ0n) is 12.1. The highest BCUT2D eigenvalue weighted by molar-refractivity contribution is 5.51. The van der Waals surface area contributed by atoms with E-state index < -0.39 is 0 Å². The predicted octanol–water partition coefficient (Wildman–Crippen LogP) is 3.27. The van der Waals surface area contributed by atoms with Gasteiger partial charge >= 0.3 is 0 Å². The molecule has 20 heavy (non-hydrogen) atoms. The van der Waals surface area contributed by atoms with E-state index in [0.29, 0.717) is 23.5 Å². The lowest BCUT2D eigenvalue weighted by atomic mass is 9.84. The lowest BCUT2D eigenvalue weighted by molar-refractivity contribution is 0.264. The molecular weight excluding hydrogens is 254 g/mol. The third-order valence-electron chi connectivity index (χ3n) is 4.06. The lowest BCUT2D eigenvalue weighted by Crippen LogP contribution is -2.37. The van der Waals surface area contributed by atoms with Gasteiger partial charge in [-0.1, -0.05) is 24.9 Å². The molecule has 108 valence electrons. The second-order valence-corrected chi connectivity index (χ2v) is 5.44. The Hall–Kier alpha value is -1.62. The number of hydrogen-bond acceptors (Lipinski definition) is 5. The third kappa shape index (κ3) is 2.50. The normalized spacial score (nSPS) is 23.1. The fourth-order valence-corrected chi connectivity index (χ4v) is 3.01. The minimum absolute atomic E-state index is 0.320. The molecule has 1 fully saturated rings. The highest BCUT2D eigenvalue weighted by Crippen LogP contribution is 2.33. The summed E-state index contributed by atoms with van der Waals surface area (Å²) in [5.74, 6) is 2.32. The van der Waals surface area contributed by atoms with Gasteiger partial charge in [0.1, 0.15) is 0 Å². The largest absolute Gasteiger partial charge is 0.461 e. The number of nitrogens with zero attached hydrogens (tertiary/aromatic N) is 2. The van der Waals surface area contributed by atoms with Crippen molar-refractivity contribution < 1.29 is 8.94 Å². The summed E-state index contributed by atoms with van der Waals surface area (Å²) < 4.78 is 10.9. The van der Waals surface area contributed by atoms with E-state index >= 15 is 0 Å². The van der Waals surface area contributed by atoms with Gasteiger partial charge in [0.2, 0.25) is 11.7 Å². The van der Waals surface area contributed by atoms with Crippen LogP contribution in [0.25, 0.3) is 11.6 Å². The molecule has 5 heteroatoms. The summed E-state index contributed by atoms with van der Waals surface area (Å²) in [4.78, 5) is 4.56. The number of aryl methyl sites for hydroxylation is 1. The van der Waals surface area contributed by atoms with Gasteiger partial charge in [-0.3, -0.25) is 0 Å². The molecule has 0 bridgehead atoms. The summed E-state index contributed by atoms with van der Waals surface area (Å²) in [6, 6.07) is 2.35. The predicted molar refractivity (Wildman–Crippen MR) is 75.4 cm³/mol. The monoisotopic (exact) mass is 275 g/mol. The standard InChI is InChI=1S/C15H21N3O2/c1-3-16-12-7-5-4-6-11(12)15-17-14(18-20-15)13-10(2)8-9-19-13/h8-9,11-12,16H,3-7H2,1-2H3. The molecule has 2 unspecified atom stereocenters. The molecule has 2 aromatic heterocycles. The Morgan fingerprint density at radius 2 is 2.20 bits per heavy atom. The number of likely N-dealkylation sites (N-methyl/N-ethyl adjacent to an activating group) is 1. The van der Waals surface area contributed by atoms with Crippen LogP contribution in [0, 0.1) is 6.92 Å². The van der Waals surface area contributed by atoms with Crippen molar-refractivity contribution in [2.24, 2.45) is 0 Å². The summed E-state index contributed by atoms with van der Waals surface area (Å²) in [5, 5.41) is 7.62. The van der Waals surface area contributed by atoms with Crippen LogP contribution in [0.4, 0.5) is 0 Å². The van der Waals surface area contributed by atoms with Crippen molar-refractivity contribution in [1.29, 1.82) is 0 Å². The maximum absolute atomic E-state index is 5.50. The van der Waals surface area contributed by atoms with Crippen molar-refractivity contribution in [3.05, 3.63) is 23.8 Å². The Kier molecular flexibility index (Phi) is 3.87. The minimum Gasteiger partial charge on any atom is -0.461 e. The summed E-state index contributed by atoms with van der Waals surface area (Å²) in [5.41, 5.74) is 1.03. The molecule has 3 rings (SSSR count). The van der Waals surface area contributed by atoms with Gasteiger partial charge in [-0.2, -0.15) is 4.98 Å². The van der Waals surface area contributed by atoms with Gasteiger partial charge < -0.3 is 14.3 Å². The second kappa shape index (κ2) is 5.79. The Bertz CT molecular complexity index is 559. The maximum atomic E-state index is 5.50. The molecule has 1 aliphatic carbocycles. The highest BCUT2D eigenvalue weighted by Gasteiger charge is 2.30. The Morgan fingerprint density at radius 3 is 2.95 bits per heavy atom. The highest BCUT2D eigenvalue weighted by atomic mass is 16.5. The van der Waals surface area contributed by atoms with Crippen molar-refractivity contribution in [3.8, 4) is 11.6 Å². The van der Waals surface area contributed by atoms with Crippen LogP contribution in [-0.2, 0) is 0 Å². The molecular formula is C15H21N3O2. The van der Waals surface area contributed by atoms with Crippen LogP contribution in [0.3, 0.4) is 0 Å². The SMILES string of the molecule is CCNC1CCCCC1c1nc(-c2occc2C)no1. The molecule has 0 saturated heterocycles. The van der Waals surface area contributed by atoms with Crippen LogP contribution in [0.1, 0.15) is 50.0 Å². The summed E-state index contributed by atoms with van der Waals surface area (Å²) in [7, 11) is 0. The third-order valence-corrected chi connectivity index (χ3v) is 4.06. The lowest BCUT2D eigenvalue weighted by Gasteiger charge is -2.29. The molecule has 0 spiro atoms. The summed E-state index contributed by atoms with van der Waals surface area (Å²) >= 11 is 0. The summed E-state index contributed by atoms with van der Waals surface area (Å²) in [6.07, 6.45) is 6.44. The van der Waals surface area contributed by atoms with E-state index in [-0.39, 0.29) is 0 Å². The second-order valence-electron chi connectivity index (χ2n) is 5.44. The number of furan rings is 1. The van der Waals surface area contributed by atoms with Gasteiger partial charge in [0.05, 0.1) is 12.2 Å². The molecule has 0 radical (unpaired) electrons. The smallest absolute Gasteiger partial charge is 0.238 e. The van der Waals surface area contributed by atoms with Gasteiger partial charge in [0, 0.05) is 6.04 Å². The number of aromatic nitrogens is 2. The van der Waals surface area contributed by atoms with Crippen LogP contribution < -0.4 is 5.32 Å². The first-order valence-electron chi connectivity index (χ1n) is 7.41. The first kappa shape index (κ1) is 13.4. The van der Waals surface area contributed by atoms with Gasteiger partial charge in [-0.25, -0.2) is 0 Å². The van der Waals surface area contributed by atoms with Crippen molar-refractivity contribution >= 4 is 0 Å². The van der Waals surface area contributed by atoms with Gasteiger partial charge in [0.25, 0.3) is 0 Å². The van der Waals surface area contributed by atoms with E-state index in [1.54, 1.807) is 6.26 Å². The van der Waals surface area contributed by atoms with Crippen molar-refractivity contribution in [2.75, 3.05) is 6.54 Å². The van der Waals surface area contributed by atoms with Gasteiger partial charge in [0.15, 0.2) is 5.76 Å². The average Bonchev–Trinajstić information content (AvgIpc) is 3.08. The van der Waals surface area contributed by atoms with E-state index in [1.807, 2.05) is 13.0 Å². The van der Waals surface area contributed by atoms with E-state index in [0.717, 1.165) is 24.4 Å². The molecule has 1 saturated carbocycles. The zero-order valence-corrected chi connectivity index (χ0v) is 12.1. The fraction of sp³-hybridized carbons (Fsp3) is 0.600. The Labute approximate surface area is 118 Å². The first-order valence-corrected chi connectivity index (χ1v) is 7.41. The zero-order chi connectivity index (χ0) is 13.9. The molecule has 2 atom stereocenters. The molecule has 0 aromatic carbocycles. The van der Waals surface area contributed by atoms with E-state index in [4.69, 9.17) is 8.94 Å². The number of rotatable bonds is 4. The topological polar surface area (TPSA) is 64.1 Å². The van der Waals surface area contributed by atoms with Crippen molar-refractivity contribution in [2.45, 2.75) is 51.5 Å². The van der Waals surface area contributed by atoms with Gasteiger partial charge in [-0.15, -0.1) is 0 Å². The average molecular weight is 275 g/mol. The van der Waals surface area contributed by atoms with Gasteiger partial charge in [-0.05, 0) is 37.9 Å². The fourth-order valence-electron chi connectivity index (χ4n) is 3.01. The first-order chi connectivity index (χ1) is 9.79. The maximum Gasteiger partial charge on any atom is 0.238 e. The molecule has 1 N–H and O–H groups in total. The van der Waals surface area contributed by atoms with Crippen LogP contribution in [0.2, 0.25) is 0 Å². The molecule has 1 aliphatic rings. The minimum atomic E-state index is 0.320. The molecule has 2 heterocycles. The van der Waals surface area contributed by atoms with Crippen LogP contribution >= 0.6 is 0 Å². The van der Waals surface area contributed by atoms with Crippen LogP contribution in [0.15, 0.2) is 21.3 Å². The number of hydrogen-bond donors (Lipinski definition) is 1. The van der Waals surface area contributed by atoms with Crippen LogP contribution in [0.5, 0.6) is 0 Å². The van der Waals surface area contributed by atoms with E-state index in [1.165, 1.54) is 19.3 Å². The van der Waals surface area contributed by atoms with Crippen LogP contribution in [-0.4, -0.2) is 22.7 Å². The summed E-state index contributed by atoms with van der Waals surface area (Å²) in [6.45, 7) is 5.09. The number of nitrogens with one attached hydrogen (secondary N) is 1. The Morgan fingerprint density at radius 1 is 1.35 bits per heavy atom. The van der Waals surface area contributed by atoms with Crippen molar-refractivity contribution in [3.63, 3.8) is 0 Å². The molecule has 2 aromatic rings. The Balaban J connectivity index is 1.83. The van der Waals surface area contributed by atoms with E-state index in [9.17, 15) is 0 Å². The quantitative estimate of drug-likeness (QED) is 0.927. The molecule has 0 amide bonds. The van der Waals surface area contributed by atoms with Crippen molar-refractivity contribution in [1.82, 2.24) is 15.5 Å². The van der Waals surface area contributed by atoms with E-state index in [2.05, 4.69) is 22.4 Å².